The van der Waals surface area contributed by atoms with E-state index in [1.807, 2.05) is 31.6 Å². The highest BCUT2D eigenvalue weighted by molar-refractivity contribution is 14.0. The summed E-state index contributed by atoms with van der Waals surface area (Å²) in [5.41, 5.74) is 3.18. The number of hydrogen-bond acceptors (Lipinski definition) is 5. The Labute approximate surface area is 207 Å². The fourth-order valence-electron chi connectivity index (χ4n) is 3.75. The molecule has 1 aromatic carbocycles. The molecule has 2 aromatic rings. The lowest BCUT2D eigenvalue weighted by Crippen LogP contribution is -2.48. The predicted molar refractivity (Wildman–Crippen MR) is 137 cm³/mol. The molecule has 0 bridgehead atoms. The Hall–Kier alpha value is -2.27. The van der Waals surface area contributed by atoms with Gasteiger partial charge in [0.2, 0.25) is 0 Å². The first-order chi connectivity index (χ1) is 15.1. The van der Waals surface area contributed by atoms with Gasteiger partial charge in [0, 0.05) is 37.5 Å². The van der Waals surface area contributed by atoms with Crippen molar-refractivity contribution >= 4 is 29.9 Å². The van der Waals surface area contributed by atoms with Crippen LogP contribution in [0.1, 0.15) is 29.7 Å². The highest BCUT2D eigenvalue weighted by Crippen LogP contribution is 2.33. The molecule has 0 spiro atoms. The normalized spacial score (nSPS) is 16.3. The van der Waals surface area contributed by atoms with E-state index in [1.54, 1.807) is 18.9 Å². The molecule has 0 aliphatic carbocycles. The van der Waals surface area contributed by atoms with Crippen LogP contribution in [-0.4, -0.2) is 61.1 Å². The fourth-order valence-corrected chi connectivity index (χ4v) is 3.75. The van der Waals surface area contributed by atoms with E-state index in [9.17, 15) is 0 Å². The third-order valence-corrected chi connectivity index (χ3v) is 5.19. The minimum Gasteiger partial charge on any atom is -0.493 e. The van der Waals surface area contributed by atoms with Gasteiger partial charge in [0.1, 0.15) is 6.10 Å². The topological polar surface area (TPSA) is 73.1 Å². The molecule has 1 atom stereocenters. The average Bonchev–Trinajstić information content (AvgIpc) is 3.23. The summed E-state index contributed by atoms with van der Waals surface area (Å²) in [6, 6.07) is 4.09. The number of nitrogens with one attached hydrogen (secondary N) is 1. The summed E-state index contributed by atoms with van der Waals surface area (Å²) in [4.78, 5) is 7.15. The molecular formula is C23H34IN5O3. The van der Waals surface area contributed by atoms with Gasteiger partial charge in [0.25, 0.3) is 0 Å². The lowest BCUT2D eigenvalue weighted by atomic mass is 10.1. The zero-order chi connectivity index (χ0) is 22.2. The molecule has 1 aromatic heterocycles. The maximum atomic E-state index is 5.98. The van der Waals surface area contributed by atoms with Crippen molar-refractivity contribution in [2.45, 2.75) is 26.0 Å². The summed E-state index contributed by atoms with van der Waals surface area (Å²) in [5.74, 6) is 2.33. The Kier molecular flexibility index (Phi) is 10.3. The number of allylic oxidation sites excluding steroid dienone is 1. The molecule has 1 saturated heterocycles. The number of halogens is 1. The zero-order valence-electron chi connectivity index (χ0n) is 19.3. The van der Waals surface area contributed by atoms with Crippen LogP contribution in [0.4, 0.5) is 0 Å². The third-order valence-electron chi connectivity index (χ3n) is 5.19. The number of rotatable bonds is 8. The SMILES string of the molecule is C=CCc1cc(CN=C(NCC)N2CCOC(c3cnn(C)c3)C2)cc(OC)c1OC.I. The van der Waals surface area contributed by atoms with Crippen LogP contribution in [0.25, 0.3) is 0 Å². The molecule has 1 unspecified atom stereocenters. The number of hydrogen-bond donors (Lipinski definition) is 1. The van der Waals surface area contributed by atoms with E-state index in [0.717, 1.165) is 48.0 Å². The number of morpholine rings is 1. The molecule has 0 radical (unpaired) electrons. The van der Waals surface area contributed by atoms with Crippen molar-refractivity contribution in [1.29, 1.82) is 0 Å². The van der Waals surface area contributed by atoms with Gasteiger partial charge in [0.05, 0.1) is 40.1 Å². The second-order valence-electron chi connectivity index (χ2n) is 7.41. The number of methoxy groups -OCH3 is 2. The Morgan fingerprint density at radius 1 is 1.38 bits per heavy atom. The number of ether oxygens (including phenoxy) is 3. The van der Waals surface area contributed by atoms with Gasteiger partial charge < -0.3 is 24.4 Å². The zero-order valence-corrected chi connectivity index (χ0v) is 21.7. The molecule has 1 aliphatic rings. The van der Waals surface area contributed by atoms with Crippen LogP contribution in [0.15, 0.2) is 42.2 Å². The van der Waals surface area contributed by atoms with Crippen molar-refractivity contribution in [3.63, 3.8) is 0 Å². The van der Waals surface area contributed by atoms with Crippen molar-refractivity contribution in [2.24, 2.45) is 12.0 Å². The van der Waals surface area contributed by atoms with Gasteiger partial charge in [-0.3, -0.25) is 4.68 Å². The molecule has 32 heavy (non-hydrogen) atoms. The molecule has 9 heteroatoms. The standard InChI is InChI=1S/C23H33N5O3.HI/c1-6-8-18-11-17(12-20(29-4)22(18)30-5)13-25-23(24-7-2)28-9-10-31-21(16-28)19-14-26-27(3)15-19;/h6,11-12,14-15,21H,1,7-10,13,16H2,2-5H3,(H,24,25);1H. The number of nitrogens with zero attached hydrogens (tertiary/aromatic N) is 4. The van der Waals surface area contributed by atoms with Crippen molar-refractivity contribution in [3.05, 3.63) is 53.9 Å². The van der Waals surface area contributed by atoms with Gasteiger partial charge in [-0.1, -0.05) is 6.08 Å². The van der Waals surface area contributed by atoms with Crippen molar-refractivity contribution in [1.82, 2.24) is 20.0 Å². The van der Waals surface area contributed by atoms with Gasteiger partial charge in [-0.2, -0.15) is 5.10 Å². The second-order valence-corrected chi connectivity index (χ2v) is 7.41. The minimum atomic E-state index is -0.0217. The molecule has 0 amide bonds. The molecule has 1 N–H and O–H groups in total. The lowest BCUT2D eigenvalue weighted by Gasteiger charge is -2.34. The minimum absolute atomic E-state index is 0. The van der Waals surface area contributed by atoms with Crippen LogP contribution < -0.4 is 14.8 Å². The number of guanidine groups is 1. The molecule has 176 valence electrons. The van der Waals surface area contributed by atoms with E-state index in [-0.39, 0.29) is 30.1 Å². The quantitative estimate of drug-likeness (QED) is 0.233. The first kappa shape index (κ1) is 26.0. The third kappa shape index (κ3) is 6.38. The Bertz CT molecular complexity index is 915. The molecule has 3 rings (SSSR count). The molecule has 0 saturated carbocycles. The van der Waals surface area contributed by atoms with Crippen molar-refractivity contribution in [3.8, 4) is 11.5 Å². The average molecular weight is 555 g/mol. The molecule has 2 heterocycles. The summed E-state index contributed by atoms with van der Waals surface area (Å²) in [5, 5.41) is 7.69. The summed E-state index contributed by atoms with van der Waals surface area (Å²) in [6.07, 6.45) is 6.41. The van der Waals surface area contributed by atoms with Gasteiger partial charge >= 0.3 is 0 Å². The first-order valence-electron chi connectivity index (χ1n) is 10.6. The van der Waals surface area contributed by atoms with E-state index in [4.69, 9.17) is 19.2 Å². The lowest BCUT2D eigenvalue weighted by molar-refractivity contribution is -0.00805. The Balaban J connectivity index is 0.00000363. The smallest absolute Gasteiger partial charge is 0.194 e. The van der Waals surface area contributed by atoms with Crippen molar-refractivity contribution in [2.75, 3.05) is 40.5 Å². The largest absolute Gasteiger partial charge is 0.493 e. The number of aryl methyl sites for hydroxylation is 1. The summed E-state index contributed by atoms with van der Waals surface area (Å²) in [7, 11) is 5.22. The first-order valence-corrected chi connectivity index (χ1v) is 10.6. The van der Waals surface area contributed by atoms with Crippen LogP contribution in [0.5, 0.6) is 11.5 Å². The highest BCUT2D eigenvalue weighted by Gasteiger charge is 2.25. The maximum absolute atomic E-state index is 5.98. The van der Waals surface area contributed by atoms with Crippen molar-refractivity contribution < 1.29 is 14.2 Å². The predicted octanol–water partition coefficient (Wildman–Crippen LogP) is 3.32. The Morgan fingerprint density at radius 2 is 2.19 bits per heavy atom. The number of benzene rings is 1. The monoisotopic (exact) mass is 555 g/mol. The van der Waals surface area contributed by atoms with Crippen LogP contribution in [0.3, 0.4) is 0 Å². The van der Waals surface area contributed by atoms with E-state index < -0.39 is 0 Å². The Morgan fingerprint density at radius 3 is 2.81 bits per heavy atom. The summed E-state index contributed by atoms with van der Waals surface area (Å²) in [6.45, 7) is 9.41. The van der Waals surface area contributed by atoms with E-state index in [2.05, 4.69) is 34.9 Å². The number of aromatic nitrogens is 2. The molecular weight excluding hydrogens is 521 g/mol. The van der Waals surface area contributed by atoms with E-state index >= 15 is 0 Å². The van der Waals surface area contributed by atoms with Gasteiger partial charge in [0.15, 0.2) is 17.5 Å². The molecule has 8 nitrogen and oxygen atoms in total. The molecule has 1 fully saturated rings. The highest BCUT2D eigenvalue weighted by atomic mass is 127. The summed E-state index contributed by atoms with van der Waals surface area (Å²) >= 11 is 0. The van der Waals surface area contributed by atoms with Crippen LogP contribution in [-0.2, 0) is 24.8 Å². The molecule has 1 aliphatic heterocycles. The van der Waals surface area contributed by atoms with Gasteiger partial charge in [-0.25, -0.2) is 4.99 Å². The van der Waals surface area contributed by atoms with E-state index in [0.29, 0.717) is 25.3 Å². The fraction of sp³-hybridized carbons (Fsp3) is 0.478. The van der Waals surface area contributed by atoms with Gasteiger partial charge in [-0.15, -0.1) is 30.6 Å². The number of aliphatic imine (C=N–C) groups is 1. The van der Waals surface area contributed by atoms with E-state index in [1.165, 1.54) is 0 Å². The van der Waals surface area contributed by atoms with Crippen LogP contribution in [0, 0.1) is 0 Å². The van der Waals surface area contributed by atoms with Crippen LogP contribution >= 0.6 is 24.0 Å². The van der Waals surface area contributed by atoms with Crippen LogP contribution in [0.2, 0.25) is 0 Å². The summed E-state index contributed by atoms with van der Waals surface area (Å²) < 4.78 is 18.9. The van der Waals surface area contributed by atoms with Gasteiger partial charge in [-0.05, 0) is 31.0 Å². The second kappa shape index (κ2) is 12.7. The maximum Gasteiger partial charge on any atom is 0.194 e.